The summed E-state index contributed by atoms with van der Waals surface area (Å²) in [5.41, 5.74) is 3.09. The van der Waals surface area contributed by atoms with Gasteiger partial charge in [-0.2, -0.15) is 0 Å². The number of aryl methyl sites for hydroxylation is 2. The molecule has 0 aliphatic carbocycles. The average Bonchev–Trinajstić information content (AvgIpc) is 2.98. The summed E-state index contributed by atoms with van der Waals surface area (Å²) in [5, 5.41) is 0. The number of benzene rings is 2. The molecule has 0 saturated carbocycles. The van der Waals surface area contributed by atoms with Crippen molar-refractivity contribution in [1.29, 1.82) is 0 Å². The maximum Gasteiger partial charge on any atom is 0.327 e. The second-order valence-corrected chi connectivity index (χ2v) is 13.9. The van der Waals surface area contributed by atoms with Crippen molar-refractivity contribution in [2.75, 3.05) is 0 Å². The Kier molecular flexibility index (Phi) is 19.3. The third-order valence-electron chi connectivity index (χ3n) is 8.53. The van der Waals surface area contributed by atoms with E-state index in [1.54, 1.807) is 0 Å². The Morgan fingerprint density at radius 3 is 1.21 bits per heavy atom. The second-order valence-electron chi connectivity index (χ2n) is 12.4. The molecule has 4 N–H and O–H groups in total. The van der Waals surface area contributed by atoms with E-state index in [1.165, 1.54) is 64.2 Å². The largest absolute Gasteiger partial charge is 0.328 e. The quantitative estimate of drug-likeness (QED) is 0.0676. The maximum absolute atomic E-state index is 10.1. The first-order chi connectivity index (χ1) is 20.7. The monoisotopic (exact) mass is 636 g/mol. The Bertz CT molecular complexity index is 922. The molecule has 2 aromatic carbocycles. The number of rotatable bonds is 24. The van der Waals surface area contributed by atoms with Crippen LogP contribution >= 0.6 is 17.2 Å². The van der Waals surface area contributed by atoms with Crippen LogP contribution in [0.15, 0.2) is 48.5 Å². The molecule has 0 amide bonds. The molecule has 244 valence electrons. The normalized spacial score (nSPS) is 13.6. The highest BCUT2D eigenvalue weighted by Gasteiger charge is 2.44. The fraction of sp³-hybridized carbons (Fsp3) is 0.657. The van der Waals surface area contributed by atoms with Crippen LogP contribution in [0.5, 0.6) is 0 Å². The summed E-state index contributed by atoms with van der Waals surface area (Å²) in [6.07, 6.45) is 17.2. The van der Waals surface area contributed by atoms with Gasteiger partial charge in [-0.05, 0) is 47.9 Å². The maximum atomic E-state index is 10.1. The number of hydrogen-bond donors (Lipinski definition) is 4. The minimum Gasteiger partial charge on any atom is -0.328 e. The smallest absolute Gasteiger partial charge is 0.327 e. The van der Waals surface area contributed by atoms with Gasteiger partial charge in [-0.3, -0.25) is 0 Å². The van der Waals surface area contributed by atoms with Crippen LogP contribution < -0.4 is 0 Å². The van der Waals surface area contributed by atoms with Gasteiger partial charge in [-0.25, -0.2) is 0 Å². The predicted octanol–water partition coefficient (Wildman–Crippen LogP) is 10.5. The molecule has 2 aromatic rings. The minimum atomic E-state index is -2.68. The van der Waals surface area contributed by atoms with Gasteiger partial charge in [0.1, 0.15) is 0 Å². The van der Waals surface area contributed by atoms with Crippen molar-refractivity contribution in [3.05, 3.63) is 70.8 Å². The molecule has 0 aliphatic heterocycles. The van der Waals surface area contributed by atoms with Crippen molar-refractivity contribution in [3.63, 3.8) is 0 Å². The first-order valence-corrected chi connectivity index (χ1v) is 18.9. The van der Waals surface area contributed by atoms with E-state index in [4.69, 9.17) is 9.05 Å². The molecule has 2 atom stereocenters. The van der Waals surface area contributed by atoms with Crippen LogP contribution in [0.1, 0.15) is 152 Å². The molecule has 43 heavy (non-hydrogen) atoms. The van der Waals surface area contributed by atoms with Crippen molar-refractivity contribution in [2.24, 2.45) is 5.41 Å². The van der Waals surface area contributed by atoms with Gasteiger partial charge in [0.15, 0.2) is 0 Å². The Morgan fingerprint density at radius 2 is 0.860 bits per heavy atom. The summed E-state index contributed by atoms with van der Waals surface area (Å²) in [4.78, 5) is 40.5. The van der Waals surface area contributed by atoms with Crippen LogP contribution in [0.4, 0.5) is 0 Å². The van der Waals surface area contributed by atoms with E-state index in [9.17, 15) is 19.6 Å². The Balaban J connectivity index is 2.32. The van der Waals surface area contributed by atoms with Gasteiger partial charge in [0.2, 0.25) is 0 Å². The minimum absolute atomic E-state index is 0.749. The molecule has 2 rings (SSSR count). The molecule has 0 heterocycles. The molecular formula is C35H58O6P2. The summed E-state index contributed by atoms with van der Waals surface area (Å²) >= 11 is 0. The van der Waals surface area contributed by atoms with Crippen molar-refractivity contribution >= 4 is 17.2 Å². The molecule has 2 unspecified atom stereocenters. The lowest BCUT2D eigenvalue weighted by Crippen LogP contribution is -2.33. The van der Waals surface area contributed by atoms with Crippen molar-refractivity contribution in [1.82, 2.24) is 0 Å². The lowest BCUT2D eigenvalue weighted by molar-refractivity contribution is -0.0344. The van der Waals surface area contributed by atoms with Gasteiger partial charge in [-0.15, -0.1) is 0 Å². The molecule has 0 radical (unpaired) electrons. The van der Waals surface area contributed by atoms with E-state index < -0.39 is 34.8 Å². The highest BCUT2D eigenvalue weighted by Crippen LogP contribution is 2.55. The molecule has 0 bridgehead atoms. The van der Waals surface area contributed by atoms with Gasteiger partial charge in [-0.1, -0.05) is 153 Å². The zero-order valence-electron chi connectivity index (χ0n) is 27.1. The Hall–Kier alpha value is -0.940. The van der Waals surface area contributed by atoms with E-state index in [0.29, 0.717) is 0 Å². The number of hydrogen-bond acceptors (Lipinski definition) is 6. The summed E-state index contributed by atoms with van der Waals surface area (Å²) < 4.78 is 11.8. The zero-order chi connectivity index (χ0) is 31.5. The third-order valence-corrected chi connectivity index (χ3v) is 9.32. The van der Waals surface area contributed by atoms with Crippen molar-refractivity contribution in [2.45, 2.75) is 143 Å². The first-order valence-electron chi connectivity index (χ1n) is 16.6. The molecule has 0 aromatic heterocycles. The standard InChI is InChI=1S/C35H58O6P2/c1-5-7-9-11-13-15-17-23-29-25-19-21-27-31(29)33(40-42(36)37)35(3,4)34(41-43(38)39)32-28-22-20-26-30(32)24-18-16-14-12-10-8-6-2/h19-22,25-28,33-34,36-39H,5-18,23-24H2,1-4H3. The van der Waals surface area contributed by atoms with E-state index >= 15 is 0 Å². The van der Waals surface area contributed by atoms with Gasteiger partial charge in [0.05, 0.1) is 12.2 Å². The van der Waals surface area contributed by atoms with Gasteiger partial charge in [0, 0.05) is 5.41 Å². The lowest BCUT2D eigenvalue weighted by atomic mass is 9.73. The van der Waals surface area contributed by atoms with E-state index in [1.807, 2.05) is 50.2 Å². The molecule has 0 fully saturated rings. The topological polar surface area (TPSA) is 99.4 Å². The van der Waals surface area contributed by atoms with E-state index in [2.05, 4.69) is 26.0 Å². The number of unbranched alkanes of at least 4 members (excludes halogenated alkanes) is 12. The van der Waals surface area contributed by atoms with Crippen molar-refractivity contribution in [3.8, 4) is 0 Å². The summed E-state index contributed by atoms with van der Waals surface area (Å²) in [6, 6.07) is 16.1. The van der Waals surface area contributed by atoms with Gasteiger partial charge < -0.3 is 28.6 Å². The van der Waals surface area contributed by atoms with E-state index in [-0.39, 0.29) is 0 Å². The van der Waals surface area contributed by atoms with Crippen LogP contribution in [-0.2, 0) is 21.9 Å². The molecule has 0 spiro atoms. The Morgan fingerprint density at radius 1 is 0.535 bits per heavy atom. The molecule has 0 saturated heterocycles. The van der Waals surface area contributed by atoms with Gasteiger partial charge in [0.25, 0.3) is 0 Å². The third kappa shape index (κ3) is 13.9. The molecule has 8 heteroatoms. The fourth-order valence-electron chi connectivity index (χ4n) is 6.09. The van der Waals surface area contributed by atoms with Crippen LogP contribution in [0, 0.1) is 5.41 Å². The molecule has 0 aliphatic rings. The summed E-state index contributed by atoms with van der Waals surface area (Å²) in [6.45, 7) is 8.37. The van der Waals surface area contributed by atoms with Crippen LogP contribution in [0.2, 0.25) is 0 Å². The summed E-state index contributed by atoms with van der Waals surface area (Å²) in [5.74, 6) is 0. The lowest BCUT2D eigenvalue weighted by Gasteiger charge is -2.42. The first kappa shape index (κ1) is 38.2. The van der Waals surface area contributed by atoms with Crippen LogP contribution in [-0.4, -0.2) is 19.6 Å². The molecular weight excluding hydrogens is 578 g/mol. The highest BCUT2D eigenvalue weighted by atomic mass is 31.2. The highest BCUT2D eigenvalue weighted by molar-refractivity contribution is 7.39. The van der Waals surface area contributed by atoms with E-state index in [0.717, 1.165) is 60.8 Å². The van der Waals surface area contributed by atoms with Crippen LogP contribution in [0.25, 0.3) is 0 Å². The summed E-state index contributed by atoms with van der Waals surface area (Å²) in [7, 11) is -5.36. The van der Waals surface area contributed by atoms with Crippen LogP contribution in [0.3, 0.4) is 0 Å². The van der Waals surface area contributed by atoms with Gasteiger partial charge >= 0.3 is 17.2 Å². The predicted molar refractivity (Wildman–Crippen MR) is 180 cm³/mol. The second kappa shape index (κ2) is 21.7. The fourth-order valence-corrected chi connectivity index (χ4v) is 7.24. The average molecular weight is 637 g/mol. The molecule has 6 nitrogen and oxygen atoms in total. The zero-order valence-corrected chi connectivity index (χ0v) is 28.9. The Labute approximate surface area is 264 Å². The SMILES string of the molecule is CCCCCCCCCc1ccccc1C(OP(O)O)C(C)(C)C(OP(O)O)c1ccccc1CCCCCCCCC. The van der Waals surface area contributed by atoms with Crippen molar-refractivity contribution < 1.29 is 28.6 Å².